The monoisotopic (exact) mass is 292 g/mol. The van der Waals surface area contributed by atoms with Crippen LogP contribution in [-0.2, 0) is 0 Å². The number of anilines is 1. The number of nitrogens with zero attached hydrogens (tertiary/aromatic N) is 2. The Morgan fingerprint density at radius 1 is 1.35 bits per heavy atom. The van der Waals surface area contributed by atoms with Gasteiger partial charge < -0.3 is 10.4 Å². The zero-order chi connectivity index (χ0) is 14.4. The lowest BCUT2D eigenvalue weighted by atomic mass is 9.88. The van der Waals surface area contributed by atoms with E-state index in [0.29, 0.717) is 0 Å². The number of aromatic nitrogens is 3. The summed E-state index contributed by atoms with van der Waals surface area (Å²) < 4.78 is 0. The molecule has 5 nitrogen and oxygen atoms in total. The Labute approximate surface area is 123 Å². The third-order valence-electron chi connectivity index (χ3n) is 3.42. The molecule has 0 saturated carbocycles. The summed E-state index contributed by atoms with van der Waals surface area (Å²) in [5.74, 6) is 0. The van der Waals surface area contributed by atoms with Crippen LogP contribution in [0.1, 0.15) is 20.3 Å². The van der Waals surface area contributed by atoms with Gasteiger partial charge in [-0.3, -0.25) is 5.10 Å². The Bertz CT molecular complexity index is 508. The van der Waals surface area contributed by atoms with Crippen molar-refractivity contribution in [2.75, 3.05) is 18.5 Å². The largest absolute Gasteiger partial charge is 0.396 e. The lowest BCUT2D eigenvalue weighted by Gasteiger charge is -2.26. The first-order valence-corrected chi connectivity index (χ1v) is 7.45. The number of rotatable bonds is 7. The van der Waals surface area contributed by atoms with E-state index in [1.165, 1.54) is 18.1 Å². The minimum absolute atomic E-state index is 0.0761. The molecular formula is C14H20N4OS. The van der Waals surface area contributed by atoms with Gasteiger partial charge in [0.25, 0.3) is 0 Å². The fourth-order valence-corrected chi connectivity index (χ4v) is 2.30. The first-order chi connectivity index (χ1) is 9.65. The predicted octanol–water partition coefficient (Wildman–Crippen LogP) is 2.78. The van der Waals surface area contributed by atoms with Gasteiger partial charge in [-0.1, -0.05) is 25.6 Å². The average molecular weight is 292 g/mol. The van der Waals surface area contributed by atoms with Crippen molar-refractivity contribution in [3.05, 3.63) is 30.6 Å². The van der Waals surface area contributed by atoms with Crippen LogP contribution in [0.3, 0.4) is 0 Å². The zero-order valence-electron chi connectivity index (χ0n) is 11.8. The van der Waals surface area contributed by atoms with Crippen molar-refractivity contribution < 1.29 is 5.11 Å². The van der Waals surface area contributed by atoms with Crippen molar-refractivity contribution >= 4 is 17.4 Å². The molecule has 1 aromatic carbocycles. The number of hydrogen-bond donors (Lipinski definition) is 3. The number of aliphatic hydroxyl groups excluding tert-OH is 1. The molecule has 1 unspecified atom stereocenters. The Morgan fingerprint density at radius 2 is 2.10 bits per heavy atom. The van der Waals surface area contributed by atoms with Crippen LogP contribution < -0.4 is 5.32 Å². The second kappa shape index (κ2) is 6.76. The highest BCUT2D eigenvalue weighted by molar-refractivity contribution is 7.99. The smallest absolute Gasteiger partial charge is 0.188 e. The lowest BCUT2D eigenvalue weighted by Crippen LogP contribution is -2.29. The second-order valence-corrected chi connectivity index (χ2v) is 6.16. The van der Waals surface area contributed by atoms with Crippen molar-refractivity contribution in [3.63, 3.8) is 0 Å². The van der Waals surface area contributed by atoms with Gasteiger partial charge in [0.05, 0.1) is 6.61 Å². The molecule has 0 bridgehead atoms. The summed E-state index contributed by atoms with van der Waals surface area (Å²) in [6, 6.07) is 8.15. The summed E-state index contributed by atoms with van der Waals surface area (Å²) in [5.41, 5.74) is 0.979. The van der Waals surface area contributed by atoms with Gasteiger partial charge in [0.15, 0.2) is 5.16 Å². The highest BCUT2D eigenvalue weighted by Gasteiger charge is 2.20. The zero-order valence-corrected chi connectivity index (χ0v) is 12.6. The number of H-pyrrole nitrogens is 1. The van der Waals surface area contributed by atoms with E-state index in [0.717, 1.165) is 28.7 Å². The van der Waals surface area contributed by atoms with E-state index in [2.05, 4.69) is 34.3 Å². The van der Waals surface area contributed by atoms with E-state index in [-0.39, 0.29) is 12.0 Å². The van der Waals surface area contributed by atoms with Gasteiger partial charge >= 0.3 is 0 Å². The molecule has 0 aliphatic heterocycles. The first-order valence-electron chi connectivity index (χ1n) is 6.63. The Kier molecular flexibility index (Phi) is 5.03. The van der Waals surface area contributed by atoms with Crippen molar-refractivity contribution in [1.82, 2.24) is 15.2 Å². The normalized spacial score (nSPS) is 13.9. The molecule has 0 aliphatic carbocycles. The second-order valence-electron chi connectivity index (χ2n) is 5.09. The Balaban J connectivity index is 1.91. The molecule has 2 rings (SSSR count). The molecule has 1 aromatic heterocycles. The topological polar surface area (TPSA) is 73.8 Å². The molecule has 6 heteroatoms. The van der Waals surface area contributed by atoms with Gasteiger partial charge in [-0.2, -0.15) is 5.10 Å². The van der Waals surface area contributed by atoms with E-state index in [1.54, 1.807) is 0 Å². The minimum Gasteiger partial charge on any atom is -0.396 e. The van der Waals surface area contributed by atoms with Gasteiger partial charge in [0, 0.05) is 22.5 Å². The van der Waals surface area contributed by atoms with E-state index in [4.69, 9.17) is 0 Å². The van der Waals surface area contributed by atoms with Crippen LogP contribution in [0.4, 0.5) is 5.69 Å². The van der Waals surface area contributed by atoms with Gasteiger partial charge in [-0.15, -0.1) is 0 Å². The summed E-state index contributed by atoms with van der Waals surface area (Å²) in [6.45, 7) is 5.12. The highest BCUT2D eigenvalue weighted by atomic mass is 32.2. The highest BCUT2D eigenvalue weighted by Crippen LogP contribution is 2.26. The van der Waals surface area contributed by atoms with Crippen molar-refractivity contribution in [2.45, 2.75) is 30.3 Å². The van der Waals surface area contributed by atoms with Crippen molar-refractivity contribution in [2.24, 2.45) is 5.41 Å². The minimum atomic E-state index is -0.0761. The lowest BCUT2D eigenvalue weighted by molar-refractivity contribution is 0.149. The van der Waals surface area contributed by atoms with Crippen LogP contribution in [-0.4, -0.2) is 33.4 Å². The third kappa shape index (κ3) is 3.98. The summed E-state index contributed by atoms with van der Waals surface area (Å²) in [5, 5.41) is 20.2. The van der Waals surface area contributed by atoms with Crippen LogP contribution in [0.25, 0.3) is 0 Å². The SMILES string of the molecule is CCC(C)(CO)CNc1ccc(Sc2ncn[nH]2)cc1. The summed E-state index contributed by atoms with van der Waals surface area (Å²) in [7, 11) is 0. The van der Waals surface area contributed by atoms with Crippen LogP contribution in [0.2, 0.25) is 0 Å². The van der Waals surface area contributed by atoms with Gasteiger partial charge in [0.2, 0.25) is 0 Å². The van der Waals surface area contributed by atoms with Gasteiger partial charge in [-0.05, 0) is 30.7 Å². The molecular weight excluding hydrogens is 272 g/mol. The molecule has 0 radical (unpaired) electrons. The molecule has 0 saturated heterocycles. The van der Waals surface area contributed by atoms with E-state index >= 15 is 0 Å². The Morgan fingerprint density at radius 3 is 2.65 bits per heavy atom. The molecule has 108 valence electrons. The van der Waals surface area contributed by atoms with Crippen molar-refractivity contribution in [3.8, 4) is 0 Å². The molecule has 0 amide bonds. The molecule has 0 aliphatic rings. The van der Waals surface area contributed by atoms with E-state index in [9.17, 15) is 5.11 Å². The molecule has 3 N–H and O–H groups in total. The Hall–Kier alpha value is -1.53. The van der Waals surface area contributed by atoms with Crippen LogP contribution in [0, 0.1) is 5.41 Å². The molecule has 0 spiro atoms. The number of hydrogen-bond acceptors (Lipinski definition) is 5. The quantitative estimate of drug-likeness (QED) is 0.732. The average Bonchev–Trinajstić information content (AvgIpc) is 2.99. The number of aromatic amines is 1. The molecule has 20 heavy (non-hydrogen) atoms. The van der Waals surface area contributed by atoms with Crippen LogP contribution >= 0.6 is 11.8 Å². The van der Waals surface area contributed by atoms with Gasteiger partial charge in [0.1, 0.15) is 6.33 Å². The van der Waals surface area contributed by atoms with Crippen LogP contribution in [0.15, 0.2) is 40.6 Å². The predicted molar refractivity (Wildman–Crippen MR) is 80.9 cm³/mol. The molecule has 2 aromatic rings. The number of aliphatic hydroxyl groups is 1. The molecule has 1 atom stereocenters. The van der Waals surface area contributed by atoms with E-state index in [1.807, 2.05) is 24.3 Å². The third-order valence-corrected chi connectivity index (χ3v) is 4.31. The maximum atomic E-state index is 9.39. The number of nitrogens with one attached hydrogen (secondary N) is 2. The summed E-state index contributed by atoms with van der Waals surface area (Å²) in [6.07, 6.45) is 2.44. The summed E-state index contributed by atoms with van der Waals surface area (Å²) in [4.78, 5) is 5.18. The fraction of sp³-hybridized carbons (Fsp3) is 0.429. The standard InChI is InChI=1S/C14H20N4OS/c1-3-14(2,9-19)8-15-11-4-6-12(7-5-11)20-13-16-10-17-18-13/h4-7,10,15,19H,3,8-9H2,1-2H3,(H,16,17,18). The van der Waals surface area contributed by atoms with Crippen LogP contribution in [0.5, 0.6) is 0 Å². The maximum Gasteiger partial charge on any atom is 0.188 e. The first kappa shape index (κ1) is 14.9. The summed E-state index contributed by atoms with van der Waals surface area (Å²) >= 11 is 1.54. The van der Waals surface area contributed by atoms with E-state index < -0.39 is 0 Å². The van der Waals surface area contributed by atoms with Crippen molar-refractivity contribution in [1.29, 1.82) is 0 Å². The maximum absolute atomic E-state index is 9.39. The number of benzene rings is 1. The van der Waals surface area contributed by atoms with Gasteiger partial charge in [-0.25, -0.2) is 4.98 Å². The molecule has 1 heterocycles. The molecule has 0 fully saturated rings. The fourth-order valence-electron chi connectivity index (χ4n) is 1.60.